The van der Waals surface area contributed by atoms with Gasteiger partial charge in [-0.25, -0.2) is 9.98 Å². The van der Waals surface area contributed by atoms with Gasteiger partial charge in [0.15, 0.2) is 5.96 Å². The molecule has 1 rings (SSSR count). The van der Waals surface area contributed by atoms with Crippen molar-refractivity contribution in [2.75, 3.05) is 33.7 Å². The summed E-state index contributed by atoms with van der Waals surface area (Å²) in [7, 11) is 4.28. The van der Waals surface area contributed by atoms with Crippen LogP contribution in [0.3, 0.4) is 0 Å². The average molecular weight is 481 g/mol. The van der Waals surface area contributed by atoms with Gasteiger partial charge < -0.3 is 15.5 Å². The Kier molecular flexibility index (Phi) is 15.6. The first-order valence-corrected chi connectivity index (χ1v) is 10.1. The number of hydrogen-bond acceptors (Lipinski definition) is 4. The van der Waals surface area contributed by atoms with Crippen LogP contribution in [-0.4, -0.2) is 49.6 Å². The molecule has 25 heavy (non-hydrogen) atoms. The molecule has 0 spiro atoms. The fourth-order valence-corrected chi connectivity index (χ4v) is 3.15. The van der Waals surface area contributed by atoms with Gasteiger partial charge in [0, 0.05) is 24.2 Å². The summed E-state index contributed by atoms with van der Waals surface area (Å²) in [5, 5.41) is 7.82. The molecule has 0 aliphatic rings. The molecule has 0 saturated carbocycles. The van der Waals surface area contributed by atoms with E-state index in [9.17, 15) is 0 Å². The number of nitrogens with one attached hydrogen (secondary N) is 2. The fraction of sp³-hybridized carbons (Fsp3) is 0.778. The van der Waals surface area contributed by atoms with E-state index in [1.165, 1.54) is 43.5 Å². The summed E-state index contributed by atoms with van der Waals surface area (Å²) in [6.45, 7) is 7.98. The minimum atomic E-state index is 0. The summed E-state index contributed by atoms with van der Waals surface area (Å²) in [5.74, 6) is 0.901. The Morgan fingerprint density at radius 1 is 1.12 bits per heavy atom. The largest absolute Gasteiger partial charge is 0.357 e. The molecule has 5 nitrogen and oxygen atoms in total. The zero-order chi connectivity index (χ0) is 17.6. The van der Waals surface area contributed by atoms with E-state index in [2.05, 4.69) is 53.5 Å². The highest BCUT2D eigenvalue weighted by molar-refractivity contribution is 14.0. The quantitative estimate of drug-likeness (QED) is 0.206. The maximum atomic E-state index is 4.63. The summed E-state index contributed by atoms with van der Waals surface area (Å²) in [4.78, 5) is 12.6. The monoisotopic (exact) mass is 481 g/mol. The van der Waals surface area contributed by atoms with E-state index in [4.69, 9.17) is 0 Å². The molecule has 7 heteroatoms. The zero-order valence-corrected chi connectivity index (χ0v) is 19.5. The van der Waals surface area contributed by atoms with E-state index >= 15 is 0 Å². The standard InChI is InChI=1S/C18H35N5S.HI/c1-5-16-14-21-17(24-16)15-22-18(19-6-2)20-12-10-8-7-9-11-13-23(3)4;/h14H,5-13,15H2,1-4H3,(H2,19,20,22);1H. The van der Waals surface area contributed by atoms with Gasteiger partial charge >= 0.3 is 0 Å². The predicted octanol–water partition coefficient (Wildman–Crippen LogP) is 3.89. The minimum Gasteiger partial charge on any atom is -0.357 e. The van der Waals surface area contributed by atoms with Crippen LogP contribution in [0, 0.1) is 0 Å². The molecule has 0 aliphatic heterocycles. The second-order valence-corrected chi connectivity index (χ2v) is 7.47. The van der Waals surface area contributed by atoms with Gasteiger partial charge in [-0.1, -0.05) is 26.2 Å². The molecule has 0 atom stereocenters. The SMILES string of the molecule is CCNC(=NCc1ncc(CC)s1)NCCCCCCCN(C)C.I. The Morgan fingerprint density at radius 2 is 1.84 bits per heavy atom. The molecule has 0 fully saturated rings. The van der Waals surface area contributed by atoms with Crippen LogP contribution in [-0.2, 0) is 13.0 Å². The Balaban J connectivity index is 0.00000576. The van der Waals surface area contributed by atoms with Crippen molar-refractivity contribution in [1.29, 1.82) is 0 Å². The third kappa shape index (κ3) is 12.6. The second kappa shape index (κ2) is 15.8. The predicted molar refractivity (Wildman–Crippen MR) is 121 cm³/mol. The molecule has 0 saturated heterocycles. The number of halogens is 1. The Bertz CT molecular complexity index is 462. The molecule has 0 amide bonds. The van der Waals surface area contributed by atoms with Gasteiger partial charge in [0.25, 0.3) is 0 Å². The average Bonchev–Trinajstić information content (AvgIpc) is 3.02. The number of guanidine groups is 1. The van der Waals surface area contributed by atoms with Crippen LogP contribution >= 0.6 is 35.3 Å². The highest BCUT2D eigenvalue weighted by atomic mass is 127. The number of thiazole rings is 1. The number of hydrogen-bond donors (Lipinski definition) is 2. The van der Waals surface area contributed by atoms with Gasteiger partial charge in [0.05, 0.1) is 6.54 Å². The van der Waals surface area contributed by atoms with Gasteiger partial charge in [-0.2, -0.15) is 0 Å². The second-order valence-electron chi connectivity index (χ2n) is 6.27. The lowest BCUT2D eigenvalue weighted by Gasteiger charge is -2.11. The zero-order valence-electron chi connectivity index (χ0n) is 16.3. The maximum Gasteiger partial charge on any atom is 0.191 e. The van der Waals surface area contributed by atoms with Crippen molar-refractivity contribution in [1.82, 2.24) is 20.5 Å². The summed E-state index contributed by atoms with van der Waals surface area (Å²) >= 11 is 1.76. The molecule has 0 aliphatic carbocycles. The van der Waals surface area contributed by atoms with Crippen LogP contribution in [0.2, 0.25) is 0 Å². The van der Waals surface area contributed by atoms with E-state index in [1.54, 1.807) is 11.3 Å². The number of rotatable bonds is 12. The summed E-state index contributed by atoms with van der Waals surface area (Å²) in [6, 6.07) is 0. The van der Waals surface area contributed by atoms with Crippen molar-refractivity contribution in [3.05, 3.63) is 16.1 Å². The van der Waals surface area contributed by atoms with Crippen LogP contribution < -0.4 is 10.6 Å². The van der Waals surface area contributed by atoms with E-state index < -0.39 is 0 Å². The molecule has 0 aromatic carbocycles. The normalized spacial score (nSPS) is 11.5. The Hall–Kier alpha value is -0.410. The lowest BCUT2D eigenvalue weighted by Crippen LogP contribution is -2.37. The number of aliphatic imine (C=N–C) groups is 1. The summed E-state index contributed by atoms with van der Waals surface area (Å²) in [5.41, 5.74) is 0. The summed E-state index contributed by atoms with van der Waals surface area (Å²) in [6.07, 6.45) is 9.45. The lowest BCUT2D eigenvalue weighted by atomic mass is 10.1. The summed E-state index contributed by atoms with van der Waals surface area (Å²) < 4.78 is 0. The van der Waals surface area contributed by atoms with Crippen molar-refractivity contribution < 1.29 is 0 Å². The lowest BCUT2D eigenvalue weighted by molar-refractivity contribution is 0.389. The van der Waals surface area contributed by atoms with Crippen LogP contribution in [0.25, 0.3) is 0 Å². The van der Waals surface area contributed by atoms with Crippen molar-refractivity contribution in [3.63, 3.8) is 0 Å². The molecule has 146 valence electrons. The molecular formula is C18H36IN5S. The highest BCUT2D eigenvalue weighted by Crippen LogP contribution is 2.13. The first-order valence-electron chi connectivity index (χ1n) is 9.26. The topological polar surface area (TPSA) is 52.6 Å². The van der Waals surface area contributed by atoms with E-state index in [0.29, 0.717) is 6.54 Å². The molecule has 0 radical (unpaired) electrons. The smallest absolute Gasteiger partial charge is 0.191 e. The van der Waals surface area contributed by atoms with Crippen LogP contribution in [0.1, 0.15) is 55.8 Å². The third-order valence-electron chi connectivity index (χ3n) is 3.74. The highest BCUT2D eigenvalue weighted by Gasteiger charge is 2.01. The molecule has 0 unspecified atom stereocenters. The number of aromatic nitrogens is 1. The number of nitrogens with zero attached hydrogens (tertiary/aromatic N) is 3. The van der Waals surface area contributed by atoms with Crippen molar-refractivity contribution >= 4 is 41.3 Å². The fourth-order valence-electron chi connectivity index (χ4n) is 2.36. The Labute approximate surface area is 175 Å². The van der Waals surface area contributed by atoms with Gasteiger partial charge in [0.1, 0.15) is 5.01 Å². The molecule has 0 bridgehead atoms. The van der Waals surface area contributed by atoms with Crippen molar-refractivity contribution in [2.45, 2.75) is 58.9 Å². The van der Waals surface area contributed by atoms with Gasteiger partial charge in [0.2, 0.25) is 0 Å². The van der Waals surface area contributed by atoms with E-state index in [0.717, 1.165) is 30.5 Å². The van der Waals surface area contributed by atoms with Gasteiger partial charge in [-0.3, -0.25) is 0 Å². The maximum absolute atomic E-state index is 4.63. The number of unbranched alkanes of at least 4 members (excludes halogenated alkanes) is 4. The number of aryl methyl sites for hydroxylation is 1. The van der Waals surface area contributed by atoms with Crippen LogP contribution in [0.15, 0.2) is 11.2 Å². The first kappa shape index (κ1) is 24.6. The van der Waals surface area contributed by atoms with E-state index in [-0.39, 0.29) is 24.0 Å². The Morgan fingerprint density at radius 3 is 2.48 bits per heavy atom. The van der Waals surface area contributed by atoms with E-state index in [1.807, 2.05) is 6.20 Å². The first-order chi connectivity index (χ1) is 11.7. The van der Waals surface area contributed by atoms with Crippen LogP contribution in [0.4, 0.5) is 0 Å². The third-order valence-corrected chi connectivity index (χ3v) is 4.87. The van der Waals surface area contributed by atoms with Gasteiger partial charge in [-0.05, 0) is 46.8 Å². The molecule has 1 aromatic rings. The van der Waals surface area contributed by atoms with Crippen molar-refractivity contribution in [2.24, 2.45) is 4.99 Å². The molecular weight excluding hydrogens is 445 g/mol. The van der Waals surface area contributed by atoms with Crippen LogP contribution in [0.5, 0.6) is 0 Å². The van der Waals surface area contributed by atoms with Crippen molar-refractivity contribution in [3.8, 4) is 0 Å². The molecule has 1 aromatic heterocycles. The molecule has 1 heterocycles. The molecule has 2 N–H and O–H groups in total. The van der Waals surface area contributed by atoms with Gasteiger partial charge in [-0.15, -0.1) is 35.3 Å². The minimum absolute atomic E-state index is 0.